The molecule has 100 valence electrons. The van der Waals surface area contributed by atoms with Gasteiger partial charge in [-0.25, -0.2) is 4.98 Å². The highest BCUT2D eigenvalue weighted by Crippen LogP contribution is 2.30. The van der Waals surface area contributed by atoms with Gasteiger partial charge >= 0.3 is 0 Å². The van der Waals surface area contributed by atoms with Gasteiger partial charge in [-0.05, 0) is 37.0 Å². The molecule has 19 heavy (non-hydrogen) atoms. The van der Waals surface area contributed by atoms with Crippen molar-refractivity contribution in [2.24, 2.45) is 0 Å². The number of nitrogens with zero attached hydrogens (tertiary/aromatic N) is 3. The highest BCUT2D eigenvalue weighted by atomic mass is 15.2. The van der Waals surface area contributed by atoms with E-state index in [2.05, 4.69) is 32.3 Å². The third kappa shape index (κ3) is 3.19. The van der Waals surface area contributed by atoms with Crippen molar-refractivity contribution in [2.75, 3.05) is 0 Å². The molecule has 1 aliphatic rings. The Hall–Kier alpha value is -1.71. The molecule has 0 bridgehead atoms. The standard InChI is InChI=1S/C15H20N4/c1-2-4-13(5-3-1)15-17-14(18-19-15)7-6-12-8-10-16-11-9-12/h8-11,13H,1-7H2,(H,17,18,19). The fourth-order valence-electron chi connectivity index (χ4n) is 2.78. The summed E-state index contributed by atoms with van der Waals surface area (Å²) in [5, 5.41) is 7.50. The van der Waals surface area contributed by atoms with E-state index in [0.29, 0.717) is 5.92 Å². The highest BCUT2D eigenvalue weighted by Gasteiger charge is 2.19. The number of H-pyrrole nitrogens is 1. The van der Waals surface area contributed by atoms with Crippen LogP contribution >= 0.6 is 0 Å². The number of hydrogen-bond donors (Lipinski definition) is 1. The summed E-state index contributed by atoms with van der Waals surface area (Å²) in [6.45, 7) is 0. The summed E-state index contributed by atoms with van der Waals surface area (Å²) in [7, 11) is 0. The summed E-state index contributed by atoms with van der Waals surface area (Å²) in [5.74, 6) is 2.63. The summed E-state index contributed by atoms with van der Waals surface area (Å²) in [6, 6.07) is 4.11. The van der Waals surface area contributed by atoms with Gasteiger partial charge in [0.2, 0.25) is 0 Å². The minimum Gasteiger partial charge on any atom is -0.265 e. The van der Waals surface area contributed by atoms with Crippen LogP contribution in [-0.4, -0.2) is 20.2 Å². The summed E-state index contributed by atoms with van der Waals surface area (Å²) in [4.78, 5) is 8.70. The van der Waals surface area contributed by atoms with Crippen LogP contribution in [0.2, 0.25) is 0 Å². The van der Waals surface area contributed by atoms with Gasteiger partial charge in [-0.15, -0.1) is 0 Å². The molecule has 0 radical (unpaired) electrons. The van der Waals surface area contributed by atoms with Gasteiger partial charge in [-0.2, -0.15) is 5.10 Å². The summed E-state index contributed by atoms with van der Waals surface area (Å²) < 4.78 is 0. The van der Waals surface area contributed by atoms with Crippen molar-refractivity contribution in [3.63, 3.8) is 0 Å². The van der Waals surface area contributed by atoms with Gasteiger partial charge in [0.1, 0.15) is 5.82 Å². The van der Waals surface area contributed by atoms with Crippen LogP contribution < -0.4 is 0 Å². The van der Waals surface area contributed by atoms with Crippen molar-refractivity contribution < 1.29 is 0 Å². The number of rotatable bonds is 4. The van der Waals surface area contributed by atoms with E-state index in [4.69, 9.17) is 0 Å². The molecule has 0 aromatic carbocycles. The van der Waals surface area contributed by atoms with Gasteiger partial charge in [-0.3, -0.25) is 10.1 Å². The maximum absolute atomic E-state index is 4.67. The Balaban J connectivity index is 1.58. The maximum atomic E-state index is 4.67. The van der Waals surface area contributed by atoms with Crippen LogP contribution in [0.3, 0.4) is 0 Å². The Morgan fingerprint density at radius 3 is 2.63 bits per heavy atom. The zero-order valence-electron chi connectivity index (χ0n) is 11.2. The topological polar surface area (TPSA) is 54.5 Å². The Bertz CT molecular complexity index is 500. The molecular weight excluding hydrogens is 236 g/mol. The molecule has 0 spiro atoms. The second-order valence-corrected chi connectivity index (χ2v) is 5.33. The minimum absolute atomic E-state index is 0.583. The lowest BCUT2D eigenvalue weighted by Gasteiger charge is -2.17. The largest absolute Gasteiger partial charge is 0.265 e. The number of hydrogen-bond acceptors (Lipinski definition) is 3. The smallest absolute Gasteiger partial charge is 0.153 e. The number of aromatic nitrogens is 4. The molecule has 1 aliphatic carbocycles. The average molecular weight is 256 g/mol. The van der Waals surface area contributed by atoms with Gasteiger partial charge in [0.05, 0.1) is 0 Å². The first kappa shape index (κ1) is 12.3. The summed E-state index contributed by atoms with van der Waals surface area (Å²) in [5.41, 5.74) is 1.30. The van der Waals surface area contributed by atoms with E-state index in [-0.39, 0.29) is 0 Å². The second-order valence-electron chi connectivity index (χ2n) is 5.33. The monoisotopic (exact) mass is 256 g/mol. The highest BCUT2D eigenvalue weighted by molar-refractivity contribution is 5.11. The van der Waals surface area contributed by atoms with Gasteiger partial charge < -0.3 is 0 Å². The van der Waals surface area contributed by atoms with Crippen LogP contribution in [0.25, 0.3) is 0 Å². The fourth-order valence-corrected chi connectivity index (χ4v) is 2.78. The van der Waals surface area contributed by atoms with Crippen LogP contribution in [0.1, 0.15) is 55.2 Å². The molecule has 3 rings (SSSR count). The average Bonchev–Trinajstić information content (AvgIpc) is 2.96. The van der Waals surface area contributed by atoms with Gasteiger partial charge in [0, 0.05) is 24.7 Å². The first-order valence-corrected chi connectivity index (χ1v) is 7.22. The molecular formula is C15H20N4. The molecule has 0 unspecified atom stereocenters. The van der Waals surface area contributed by atoms with E-state index in [1.807, 2.05) is 12.4 Å². The first-order valence-electron chi connectivity index (χ1n) is 7.22. The van der Waals surface area contributed by atoms with Crippen LogP contribution in [0.4, 0.5) is 0 Å². The lowest BCUT2D eigenvalue weighted by molar-refractivity contribution is 0.429. The maximum Gasteiger partial charge on any atom is 0.153 e. The summed E-state index contributed by atoms with van der Waals surface area (Å²) >= 11 is 0. The SMILES string of the molecule is c1cc(CCc2nc(C3CCCCC3)n[nH]2)ccn1. The molecule has 1 saturated carbocycles. The van der Waals surface area contributed by atoms with Crippen LogP contribution in [0, 0.1) is 0 Å². The lowest BCUT2D eigenvalue weighted by atomic mass is 9.89. The first-order chi connectivity index (χ1) is 9.42. The Morgan fingerprint density at radius 2 is 1.84 bits per heavy atom. The third-order valence-corrected chi connectivity index (χ3v) is 3.92. The molecule has 0 saturated heterocycles. The predicted octanol–water partition coefficient (Wildman–Crippen LogP) is 3.03. The van der Waals surface area contributed by atoms with Crippen molar-refractivity contribution in [3.8, 4) is 0 Å². The van der Waals surface area contributed by atoms with E-state index >= 15 is 0 Å². The number of aryl methyl sites for hydroxylation is 2. The van der Waals surface area contributed by atoms with Gasteiger partial charge in [0.15, 0.2) is 5.82 Å². The number of aromatic amines is 1. The van der Waals surface area contributed by atoms with Crippen LogP contribution in [0.5, 0.6) is 0 Å². The van der Waals surface area contributed by atoms with Crippen molar-refractivity contribution in [1.82, 2.24) is 20.2 Å². The molecule has 2 heterocycles. The van der Waals surface area contributed by atoms with E-state index < -0.39 is 0 Å². The molecule has 2 aromatic rings. The Morgan fingerprint density at radius 1 is 1.05 bits per heavy atom. The zero-order valence-corrected chi connectivity index (χ0v) is 11.2. The van der Waals surface area contributed by atoms with E-state index in [1.165, 1.54) is 37.7 Å². The molecule has 1 fully saturated rings. The van der Waals surface area contributed by atoms with Crippen LogP contribution in [0.15, 0.2) is 24.5 Å². The van der Waals surface area contributed by atoms with Gasteiger partial charge in [-0.1, -0.05) is 19.3 Å². The minimum atomic E-state index is 0.583. The molecule has 0 amide bonds. The van der Waals surface area contributed by atoms with E-state index in [9.17, 15) is 0 Å². The lowest BCUT2D eigenvalue weighted by Crippen LogP contribution is -2.06. The van der Waals surface area contributed by atoms with Crippen molar-refractivity contribution in [2.45, 2.75) is 50.9 Å². The van der Waals surface area contributed by atoms with Crippen molar-refractivity contribution in [3.05, 3.63) is 41.7 Å². The fraction of sp³-hybridized carbons (Fsp3) is 0.533. The molecule has 1 N–H and O–H groups in total. The summed E-state index contributed by atoms with van der Waals surface area (Å²) in [6.07, 6.45) is 12.1. The quantitative estimate of drug-likeness (QED) is 0.914. The Labute approximate surface area is 113 Å². The number of nitrogens with one attached hydrogen (secondary N) is 1. The van der Waals surface area contributed by atoms with Gasteiger partial charge in [0.25, 0.3) is 0 Å². The molecule has 0 aliphatic heterocycles. The molecule has 0 atom stereocenters. The predicted molar refractivity (Wildman–Crippen MR) is 73.9 cm³/mol. The van der Waals surface area contributed by atoms with E-state index in [1.54, 1.807) is 0 Å². The molecule has 2 aromatic heterocycles. The third-order valence-electron chi connectivity index (χ3n) is 3.92. The second kappa shape index (κ2) is 5.95. The molecule has 4 heteroatoms. The zero-order chi connectivity index (χ0) is 12.9. The van der Waals surface area contributed by atoms with Crippen molar-refractivity contribution >= 4 is 0 Å². The number of pyridine rings is 1. The Kier molecular flexibility index (Phi) is 3.86. The van der Waals surface area contributed by atoms with Crippen LogP contribution in [-0.2, 0) is 12.8 Å². The normalized spacial score (nSPS) is 16.6. The molecule has 4 nitrogen and oxygen atoms in total. The van der Waals surface area contributed by atoms with Crippen molar-refractivity contribution in [1.29, 1.82) is 0 Å². The van der Waals surface area contributed by atoms with E-state index in [0.717, 1.165) is 24.5 Å².